The highest BCUT2D eigenvalue weighted by Gasteiger charge is 2.26. The molecular formula is C14H22N2OS. The number of aryl methyl sites for hydroxylation is 1. The number of nitrogens with one attached hydrogen (secondary N) is 1. The maximum absolute atomic E-state index is 12.2. The van der Waals surface area contributed by atoms with E-state index < -0.39 is 0 Å². The molecule has 3 nitrogen and oxygen atoms in total. The van der Waals surface area contributed by atoms with Gasteiger partial charge in [0.1, 0.15) is 0 Å². The first-order valence-electron chi connectivity index (χ1n) is 6.68. The van der Waals surface area contributed by atoms with Crippen LogP contribution in [0.25, 0.3) is 0 Å². The van der Waals surface area contributed by atoms with Gasteiger partial charge in [-0.15, -0.1) is 11.3 Å². The summed E-state index contributed by atoms with van der Waals surface area (Å²) in [6, 6.07) is 4.50. The van der Waals surface area contributed by atoms with Gasteiger partial charge in [-0.1, -0.05) is 6.42 Å². The number of nitrogens with two attached hydrogens (primary N) is 1. The molecule has 1 saturated carbocycles. The van der Waals surface area contributed by atoms with Gasteiger partial charge in [0.25, 0.3) is 0 Å². The molecule has 100 valence electrons. The lowest BCUT2D eigenvalue weighted by molar-refractivity contribution is -0.126. The normalized spacial score (nSPS) is 25.7. The molecule has 1 aliphatic carbocycles. The Kier molecular flexibility index (Phi) is 4.40. The topological polar surface area (TPSA) is 55.1 Å². The molecule has 3 unspecified atom stereocenters. The molecule has 1 fully saturated rings. The highest BCUT2D eigenvalue weighted by Crippen LogP contribution is 2.26. The van der Waals surface area contributed by atoms with E-state index in [1.807, 2.05) is 6.92 Å². The van der Waals surface area contributed by atoms with E-state index in [0.717, 1.165) is 25.7 Å². The van der Waals surface area contributed by atoms with Crippen molar-refractivity contribution in [2.24, 2.45) is 11.7 Å². The molecular weight excluding hydrogens is 244 g/mol. The minimum Gasteiger partial charge on any atom is -0.349 e. The van der Waals surface area contributed by atoms with Crippen LogP contribution in [0.2, 0.25) is 0 Å². The van der Waals surface area contributed by atoms with Crippen LogP contribution in [-0.2, 0) is 4.79 Å². The molecule has 1 heterocycles. The highest BCUT2D eigenvalue weighted by atomic mass is 32.1. The second kappa shape index (κ2) is 5.85. The largest absolute Gasteiger partial charge is 0.349 e. The molecule has 0 aromatic carbocycles. The Bertz CT molecular complexity index is 416. The number of amides is 1. The van der Waals surface area contributed by atoms with Crippen LogP contribution in [0, 0.1) is 12.8 Å². The van der Waals surface area contributed by atoms with Gasteiger partial charge >= 0.3 is 0 Å². The van der Waals surface area contributed by atoms with Gasteiger partial charge in [-0.05, 0) is 45.2 Å². The molecule has 0 aliphatic heterocycles. The quantitative estimate of drug-likeness (QED) is 0.884. The smallest absolute Gasteiger partial charge is 0.223 e. The molecule has 3 N–H and O–H groups in total. The third-order valence-electron chi connectivity index (χ3n) is 3.63. The summed E-state index contributed by atoms with van der Waals surface area (Å²) in [5.74, 6) is 0.279. The Morgan fingerprint density at radius 1 is 1.50 bits per heavy atom. The van der Waals surface area contributed by atoms with Crippen molar-refractivity contribution in [1.29, 1.82) is 0 Å². The van der Waals surface area contributed by atoms with Crippen LogP contribution in [0.1, 0.15) is 48.4 Å². The van der Waals surface area contributed by atoms with E-state index in [2.05, 4.69) is 24.4 Å². The van der Waals surface area contributed by atoms with Crippen molar-refractivity contribution in [2.75, 3.05) is 0 Å². The van der Waals surface area contributed by atoms with E-state index >= 15 is 0 Å². The fraction of sp³-hybridized carbons (Fsp3) is 0.643. The molecule has 1 aromatic rings. The first kappa shape index (κ1) is 13.6. The van der Waals surface area contributed by atoms with Gasteiger partial charge in [-0.3, -0.25) is 4.79 Å². The zero-order valence-electron chi connectivity index (χ0n) is 11.1. The second-order valence-corrected chi connectivity index (χ2v) is 6.62. The van der Waals surface area contributed by atoms with Gasteiger partial charge in [-0.2, -0.15) is 0 Å². The Labute approximate surface area is 113 Å². The highest BCUT2D eigenvalue weighted by molar-refractivity contribution is 7.12. The standard InChI is InChI=1S/C14H22N2OS/c1-9-6-7-13(18-9)10(2)16-14(17)11-4-3-5-12(15)8-11/h6-7,10-12H,3-5,8,15H2,1-2H3,(H,16,17). The molecule has 18 heavy (non-hydrogen) atoms. The average molecular weight is 266 g/mol. The molecule has 4 heteroatoms. The predicted molar refractivity (Wildman–Crippen MR) is 75.5 cm³/mol. The van der Waals surface area contributed by atoms with Crippen LogP contribution < -0.4 is 11.1 Å². The van der Waals surface area contributed by atoms with Crippen molar-refractivity contribution in [3.63, 3.8) is 0 Å². The van der Waals surface area contributed by atoms with Gasteiger partial charge in [-0.25, -0.2) is 0 Å². The molecule has 1 aromatic heterocycles. The van der Waals surface area contributed by atoms with Crippen molar-refractivity contribution in [2.45, 2.75) is 51.6 Å². The Balaban J connectivity index is 1.90. The zero-order chi connectivity index (χ0) is 13.1. The van der Waals surface area contributed by atoms with Gasteiger partial charge in [0.15, 0.2) is 0 Å². The van der Waals surface area contributed by atoms with Gasteiger partial charge in [0.05, 0.1) is 6.04 Å². The predicted octanol–water partition coefficient (Wildman–Crippen LogP) is 2.75. The minimum absolute atomic E-state index is 0.106. The number of carbonyl (C=O) groups excluding carboxylic acids is 1. The second-order valence-electron chi connectivity index (χ2n) is 5.30. The molecule has 1 aliphatic rings. The van der Waals surface area contributed by atoms with Crippen molar-refractivity contribution in [3.05, 3.63) is 21.9 Å². The monoisotopic (exact) mass is 266 g/mol. The lowest BCUT2D eigenvalue weighted by Crippen LogP contribution is -2.38. The zero-order valence-corrected chi connectivity index (χ0v) is 11.9. The van der Waals surface area contributed by atoms with Crippen LogP contribution in [0.15, 0.2) is 12.1 Å². The molecule has 2 rings (SSSR count). The summed E-state index contributed by atoms with van der Waals surface area (Å²) in [5, 5.41) is 3.12. The number of hydrogen-bond acceptors (Lipinski definition) is 3. The first-order valence-corrected chi connectivity index (χ1v) is 7.50. The summed E-state index contributed by atoms with van der Waals surface area (Å²) < 4.78 is 0. The van der Waals surface area contributed by atoms with E-state index in [4.69, 9.17) is 5.73 Å². The van der Waals surface area contributed by atoms with Gasteiger partial charge < -0.3 is 11.1 Å². The van der Waals surface area contributed by atoms with Gasteiger partial charge in [0.2, 0.25) is 5.91 Å². The summed E-state index contributed by atoms with van der Waals surface area (Å²) >= 11 is 1.75. The SMILES string of the molecule is Cc1ccc(C(C)NC(=O)C2CCCC(N)C2)s1. The first-order chi connectivity index (χ1) is 8.56. The van der Waals surface area contributed by atoms with Crippen molar-refractivity contribution in [3.8, 4) is 0 Å². The molecule has 0 radical (unpaired) electrons. The lowest BCUT2D eigenvalue weighted by atomic mass is 9.85. The summed E-state index contributed by atoms with van der Waals surface area (Å²) in [7, 11) is 0. The lowest BCUT2D eigenvalue weighted by Gasteiger charge is -2.26. The van der Waals surface area contributed by atoms with E-state index in [-0.39, 0.29) is 23.9 Å². The van der Waals surface area contributed by atoms with E-state index in [0.29, 0.717) is 0 Å². The van der Waals surface area contributed by atoms with Crippen LogP contribution in [0.3, 0.4) is 0 Å². The maximum atomic E-state index is 12.2. The molecule has 3 atom stereocenters. The van der Waals surface area contributed by atoms with Crippen LogP contribution in [0.4, 0.5) is 0 Å². The molecule has 0 saturated heterocycles. The van der Waals surface area contributed by atoms with Gasteiger partial charge in [0, 0.05) is 21.7 Å². The van der Waals surface area contributed by atoms with Crippen molar-refractivity contribution in [1.82, 2.24) is 5.32 Å². The third kappa shape index (κ3) is 3.33. The fourth-order valence-corrected chi connectivity index (χ4v) is 3.43. The molecule has 1 amide bonds. The van der Waals surface area contributed by atoms with E-state index in [1.165, 1.54) is 9.75 Å². The van der Waals surface area contributed by atoms with Crippen LogP contribution >= 0.6 is 11.3 Å². The third-order valence-corrected chi connectivity index (χ3v) is 4.82. The Morgan fingerprint density at radius 2 is 2.28 bits per heavy atom. The average Bonchev–Trinajstić information content (AvgIpc) is 2.76. The van der Waals surface area contributed by atoms with E-state index in [9.17, 15) is 4.79 Å². The minimum atomic E-state index is 0.106. The van der Waals surface area contributed by atoms with E-state index in [1.54, 1.807) is 11.3 Å². The summed E-state index contributed by atoms with van der Waals surface area (Å²) in [6.45, 7) is 4.13. The number of thiophene rings is 1. The summed E-state index contributed by atoms with van der Waals surface area (Å²) in [4.78, 5) is 14.7. The fourth-order valence-electron chi connectivity index (χ4n) is 2.55. The number of rotatable bonds is 3. The summed E-state index contributed by atoms with van der Waals surface area (Å²) in [5.41, 5.74) is 5.93. The maximum Gasteiger partial charge on any atom is 0.223 e. The van der Waals surface area contributed by atoms with Crippen molar-refractivity contribution < 1.29 is 4.79 Å². The van der Waals surface area contributed by atoms with Crippen LogP contribution in [0.5, 0.6) is 0 Å². The number of hydrogen-bond donors (Lipinski definition) is 2. The molecule has 0 spiro atoms. The summed E-state index contributed by atoms with van der Waals surface area (Å²) in [6.07, 6.45) is 3.95. The number of carbonyl (C=O) groups is 1. The molecule has 0 bridgehead atoms. The van der Waals surface area contributed by atoms with Crippen molar-refractivity contribution >= 4 is 17.2 Å². The Morgan fingerprint density at radius 3 is 2.89 bits per heavy atom. The van der Waals surface area contributed by atoms with Crippen LogP contribution in [-0.4, -0.2) is 11.9 Å². The Hall–Kier alpha value is -0.870.